The molecule has 0 aromatic carbocycles. The summed E-state index contributed by atoms with van der Waals surface area (Å²) in [7, 11) is 1.86. The van der Waals surface area contributed by atoms with Gasteiger partial charge >= 0.3 is 0 Å². The van der Waals surface area contributed by atoms with Crippen LogP contribution in [0.3, 0.4) is 0 Å². The van der Waals surface area contributed by atoms with Gasteiger partial charge in [0.1, 0.15) is 5.82 Å². The van der Waals surface area contributed by atoms with Gasteiger partial charge in [-0.1, -0.05) is 6.42 Å². The summed E-state index contributed by atoms with van der Waals surface area (Å²) in [5, 5.41) is 7.29. The van der Waals surface area contributed by atoms with Gasteiger partial charge in [0.2, 0.25) is 5.91 Å². The van der Waals surface area contributed by atoms with Crippen LogP contribution >= 0.6 is 0 Å². The van der Waals surface area contributed by atoms with E-state index in [1.54, 1.807) is 4.68 Å². The summed E-state index contributed by atoms with van der Waals surface area (Å²) in [4.78, 5) is 12.5. The number of anilines is 1. The first-order valence-electron chi connectivity index (χ1n) is 7.61. The van der Waals surface area contributed by atoms with E-state index in [1.807, 2.05) is 20.0 Å². The SMILES string of the molecule is Cc1cc(NC(=O)C2CC3CCCC(C2)C3N)n(C)n1. The summed E-state index contributed by atoms with van der Waals surface area (Å²) in [5.74, 6) is 2.10. The number of carbonyl (C=O) groups is 1. The first-order valence-corrected chi connectivity index (χ1v) is 7.61. The predicted molar refractivity (Wildman–Crippen MR) is 78.1 cm³/mol. The number of carbonyl (C=O) groups excluding carboxylic acids is 1. The monoisotopic (exact) mass is 276 g/mol. The van der Waals surface area contributed by atoms with E-state index >= 15 is 0 Å². The number of nitrogens with one attached hydrogen (secondary N) is 1. The molecule has 2 atom stereocenters. The van der Waals surface area contributed by atoms with Crippen LogP contribution in [0.15, 0.2) is 6.07 Å². The number of nitrogens with zero attached hydrogens (tertiary/aromatic N) is 2. The van der Waals surface area contributed by atoms with E-state index < -0.39 is 0 Å². The fraction of sp³-hybridized carbons (Fsp3) is 0.733. The highest BCUT2D eigenvalue weighted by atomic mass is 16.2. The molecule has 0 radical (unpaired) electrons. The molecule has 2 aliphatic carbocycles. The summed E-state index contributed by atoms with van der Waals surface area (Å²) in [6.07, 6.45) is 5.54. The van der Waals surface area contributed by atoms with Gasteiger partial charge in [-0.25, -0.2) is 0 Å². The molecule has 5 heteroatoms. The highest BCUT2D eigenvalue weighted by Crippen LogP contribution is 2.42. The molecule has 2 unspecified atom stereocenters. The summed E-state index contributed by atoms with van der Waals surface area (Å²) in [6, 6.07) is 2.22. The molecule has 1 heterocycles. The zero-order valence-corrected chi connectivity index (χ0v) is 12.3. The number of amides is 1. The Labute approximate surface area is 119 Å². The molecule has 2 aliphatic rings. The second-order valence-corrected chi connectivity index (χ2v) is 6.48. The largest absolute Gasteiger partial charge is 0.327 e. The Morgan fingerprint density at radius 3 is 2.60 bits per heavy atom. The maximum atomic E-state index is 12.5. The van der Waals surface area contributed by atoms with Crippen molar-refractivity contribution in [2.45, 2.75) is 45.1 Å². The predicted octanol–water partition coefficient (Wildman–Crippen LogP) is 1.82. The molecule has 2 bridgehead atoms. The van der Waals surface area contributed by atoms with Crippen molar-refractivity contribution < 1.29 is 4.79 Å². The molecule has 20 heavy (non-hydrogen) atoms. The van der Waals surface area contributed by atoms with Crippen LogP contribution in [0.5, 0.6) is 0 Å². The molecule has 5 nitrogen and oxygen atoms in total. The highest BCUT2D eigenvalue weighted by Gasteiger charge is 2.40. The summed E-state index contributed by atoms with van der Waals surface area (Å²) in [6.45, 7) is 1.93. The Morgan fingerprint density at radius 1 is 1.40 bits per heavy atom. The van der Waals surface area contributed by atoms with Gasteiger partial charge in [0.25, 0.3) is 0 Å². The molecule has 3 N–H and O–H groups in total. The zero-order valence-electron chi connectivity index (χ0n) is 12.3. The minimum Gasteiger partial charge on any atom is -0.327 e. The molecule has 1 aromatic rings. The van der Waals surface area contributed by atoms with Crippen LogP contribution in [-0.4, -0.2) is 21.7 Å². The topological polar surface area (TPSA) is 72.9 Å². The number of aromatic nitrogens is 2. The lowest BCUT2D eigenvalue weighted by Gasteiger charge is -2.43. The maximum Gasteiger partial charge on any atom is 0.228 e. The number of rotatable bonds is 2. The van der Waals surface area contributed by atoms with Crippen LogP contribution in [0.1, 0.15) is 37.8 Å². The molecule has 2 saturated carbocycles. The standard InChI is InChI=1S/C15H24N4O/c1-9-6-13(19(2)18-9)17-15(20)12-7-10-4-3-5-11(8-12)14(10)16/h6,10-12,14H,3-5,7-8,16H2,1-2H3,(H,17,20). The quantitative estimate of drug-likeness (QED) is 0.865. The van der Waals surface area contributed by atoms with Crippen LogP contribution in [0, 0.1) is 24.7 Å². The van der Waals surface area contributed by atoms with Gasteiger partial charge in [0.05, 0.1) is 5.69 Å². The summed E-state index contributed by atoms with van der Waals surface area (Å²) >= 11 is 0. The minimum absolute atomic E-state index is 0.111. The highest BCUT2D eigenvalue weighted by molar-refractivity contribution is 5.91. The van der Waals surface area contributed by atoms with Gasteiger partial charge in [-0.15, -0.1) is 0 Å². The Balaban J connectivity index is 1.67. The first kappa shape index (κ1) is 13.6. The lowest BCUT2D eigenvalue weighted by molar-refractivity contribution is -0.122. The zero-order chi connectivity index (χ0) is 14.3. The van der Waals surface area contributed by atoms with Crippen molar-refractivity contribution in [2.75, 3.05) is 5.32 Å². The Morgan fingerprint density at radius 2 is 2.05 bits per heavy atom. The van der Waals surface area contributed by atoms with E-state index in [-0.39, 0.29) is 11.8 Å². The fourth-order valence-corrected chi connectivity index (χ4v) is 3.96. The van der Waals surface area contributed by atoms with Crippen molar-refractivity contribution >= 4 is 11.7 Å². The van der Waals surface area contributed by atoms with Gasteiger partial charge in [-0.3, -0.25) is 9.48 Å². The van der Waals surface area contributed by atoms with E-state index in [1.165, 1.54) is 19.3 Å². The minimum atomic E-state index is 0.111. The first-order chi connectivity index (χ1) is 9.54. The van der Waals surface area contributed by atoms with Crippen molar-refractivity contribution in [1.82, 2.24) is 9.78 Å². The lowest BCUT2D eigenvalue weighted by Crippen LogP contribution is -2.48. The van der Waals surface area contributed by atoms with E-state index in [9.17, 15) is 4.79 Å². The summed E-state index contributed by atoms with van der Waals surface area (Å²) in [5.41, 5.74) is 7.20. The Hall–Kier alpha value is -1.36. The average molecular weight is 276 g/mol. The van der Waals surface area contributed by atoms with E-state index in [0.29, 0.717) is 17.9 Å². The van der Waals surface area contributed by atoms with E-state index in [2.05, 4.69) is 10.4 Å². The van der Waals surface area contributed by atoms with Crippen LogP contribution in [0.2, 0.25) is 0 Å². The Kier molecular flexibility index (Phi) is 3.54. The van der Waals surface area contributed by atoms with Crippen LogP contribution in [0.4, 0.5) is 5.82 Å². The average Bonchev–Trinajstić information content (AvgIpc) is 2.67. The number of hydrogen-bond acceptors (Lipinski definition) is 3. The van der Waals surface area contributed by atoms with Gasteiger partial charge in [-0.2, -0.15) is 5.10 Å². The molecule has 1 aromatic heterocycles. The summed E-state index contributed by atoms with van der Waals surface area (Å²) < 4.78 is 1.72. The van der Waals surface area contributed by atoms with Gasteiger partial charge in [0.15, 0.2) is 0 Å². The third-order valence-electron chi connectivity index (χ3n) is 5.04. The molecule has 2 fully saturated rings. The number of fused-ring (bicyclic) bond motifs is 2. The number of hydrogen-bond donors (Lipinski definition) is 2. The van der Waals surface area contributed by atoms with Crippen LogP contribution in [0.25, 0.3) is 0 Å². The van der Waals surface area contributed by atoms with Crippen molar-refractivity contribution in [2.24, 2.45) is 30.5 Å². The lowest BCUT2D eigenvalue weighted by atomic mass is 9.65. The molecular formula is C15H24N4O. The molecule has 0 saturated heterocycles. The third-order valence-corrected chi connectivity index (χ3v) is 5.04. The second kappa shape index (κ2) is 5.20. The molecule has 3 rings (SSSR count). The molecule has 1 amide bonds. The van der Waals surface area contributed by atoms with Crippen molar-refractivity contribution in [3.63, 3.8) is 0 Å². The molecular weight excluding hydrogens is 252 g/mol. The van der Waals surface area contributed by atoms with E-state index in [0.717, 1.165) is 24.4 Å². The van der Waals surface area contributed by atoms with Gasteiger partial charge < -0.3 is 11.1 Å². The maximum absolute atomic E-state index is 12.5. The Bertz CT molecular complexity index is 496. The molecule has 110 valence electrons. The van der Waals surface area contributed by atoms with Crippen molar-refractivity contribution in [3.8, 4) is 0 Å². The molecule has 0 aliphatic heterocycles. The smallest absolute Gasteiger partial charge is 0.228 e. The second-order valence-electron chi connectivity index (χ2n) is 6.48. The van der Waals surface area contributed by atoms with Gasteiger partial charge in [0, 0.05) is 25.1 Å². The van der Waals surface area contributed by atoms with Crippen molar-refractivity contribution in [1.29, 1.82) is 0 Å². The fourth-order valence-electron chi connectivity index (χ4n) is 3.96. The molecule has 0 spiro atoms. The third kappa shape index (κ3) is 2.46. The van der Waals surface area contributed by atoms with E-state index in [4.69, 9.17) is 5.73 Å². The normalized spacial score (nSPS) is 33.0. The number of nitrogens with two attached hydrogens (primary N) is 1. The van der Waals surface area contributed by atoms with Crippen LogP contribution < -0.4 is 11.1 Å². The van der Waals surface area contributed by atoms with Crippen molar-refractivity contribution in [3.05, 3.63) is 11.8 Å². The van der Waals surface area contributed by atoms with Crippen LogP contribution in [-0.2, 0) is 11.8 Å². The van der Waals surface area contributed by atoms with Gasteiger partial charge in [-0.05, 0) is 44.4 Å². The number of aryl methyl sites for hydroxylation is 2.